The summed E-state index contributed by atoms with van der Waals surface area (Å²) in [4.78, 5) is 0. The van der Waals surface area contributed by atoms with E-state index < -0.39 is 16.4 Å². The minimum absolute atomic E-state index is 0.144. The van der Waals surface area contributed by atoms with Gasteiger partial charge in [-0.05, 0) is 44.5 Å². The van der Waals surface area contributed by atoms with Crippen LogP contribution in [0.5, 0.6) is 0 Å². The van der Waals surface area contributed by atoms with Crippen molar-refractivity contribution in [3.05, 3.63) is 35.5 Å². The van der Waals surface area contributed by atoms with Crippen molar-refractivity contribution in [2.75, 3.05) is 0 Å². The summed E-state index contributed by atoms with van der Waals surface area (Å²) in [5.74, 6) is 3.64. The standard InChI is InChI=1S/C24H44OSi2/c1-13-21(3)23(25-27(11,12)24(5,6)7)22(4)19-20(2)17-15-14-16-18-26(8,9)10/h13,15,17,19,22-23H,14H2,1-12H3/b17-15+,20-19+,21-13+/t22-,23-/m1/s1. The number of rotatable bonds is 7. The molecule has 0 radical (unpaired) electrons. The average molecular weight is 405 g/mol. The van der Waals surface area contributed by atoms with Gasteiger partial charge in [-0.3, -0.25) is 0 Å². The van der Waals surface area contributed by atoms with E-state index in [2.05, 4.69) is 117 Å². The molecule has 27 heavy (non-hydrogen) atoms. The van der Waals surface area contributed by atoms with Gasteiger partial charge in [-0.15, -0.1) is 11.5 Å². The summed E-state index contributed by atoms with van der Waals surface area (Å²) < 4.78 is 6.78. The first-order valence-corrected chi connectivity index (χ1v) is 16.7. The summed E-state index contributed by atoms with van der Waals surface area (Å²) in [7, 11) is -3.08. The lowest BCUT2D eigenvalue weighted by molar-refractivity contribution is 0.178. The van der Waals surface area contributed by atoms with Gasteiger partial charge >= 0.3 is 0 Å². The van der Waals surface area contributed by atoms with E-state index in [4.69, 9.17) is 4.43 Å². The first-order valence-electron chi connectivity index (χ1n) is 10.3. The molecular formula is C24H44OSi2. The van der Waals surface area contributed by atoms with Crippen molar-refractivity contribution in [3.63, 3.8) is 0 Å². The van der Waals surface area contributed by atoms with Crippen molar-refractivity contribution in [1.29, 1.82) is 0 Å². The van der Waals surface area contributed by atoms with Gasteiger partial charge < -0.3 is 4.43 Å². The van der Waals surface area contributed by atoms with Gasteiger partial charge in [0.25, 0.3) is 0 Å². The lowest BCUT2D eigenvalue weighted by Crippen LogP contribution is -2.45. The largest absolute Gasteiger partial charge is 0.410 e. The van der Waals surface area contributed by atoms with Crippen molar-refractivity contribution in [1.82, 2.24) is 0 Å². The smallest absolute Gasteiger partial charge is 0.192 e. The molecule has 3 heteroatoms. The average Bonchev–Trinajstić information content (AvgIpc) is 2.49. The molecule has 0 rings (SSSR count). The van der Waals surface area contributed by atoms with Crippen molar-refractivity contribution >= 4 is 16.4 Å². The van der Waals surface area contributed by atoms with Crippen molar-refractivity contribution < 1.29 is 4.43 Å². The van der Waals surface area contributed by atoms with Crippen LogP contribution >= 0.6 is 0 Å². The maximum Gasteiger partial charge on any atom is 0.192 e. The molecule has 1 nitrogen and oxygen atoms in total. The maximum absolute atomic E-state index is 6.78. The molecule has 0 spiro atoms. The zero-order valence-electron chi connectivity index (χ0n) is 20.1. The third kappa shape index (κ3) is 10.3. The van der Waals surface area contributed by atoms with Crippen LogP contribution in [0.4, 0.5) is 0 Å². The maximum atomic E-state index is 6.78. The molecule has 0 aliphatic heterocycles. The van der Waals surface area contributed by atoms with Crippen LogP contribution in [0.2, 0.25) is 37.8 Å². The molecule has 0 saturated heterocycles. The molecule has 0 aromatic carbocycles. The SMILES string of the molecule is C/C=C(\C)[C@@H](O[Si](C)(C)C(C)(C)C)[C@H](C)/C=C(C)/C=C/CC#C[Si](C)(C)C. The number of hydrogen-bond donors (Lipinski definition) is 0. The molecule has 0 aromatic rings. The first kappa shape index (κ1) is 26.2. The van der Waals surface area contributed by atoms with Crippen LogP contribution in [0.3, 0.4) is 0 Å². The summed E-state index contributed by atoms with van der Waals surface area (Å²) in [6.45, 7) is 27.2. The summed E-state index contributed by atoms with van der Waals surface area (Å²) in [5.41, 5.74) is 6.02. The molecule has 154 valence electrons. The molecule has 0 saturated carbocycles. The quantitative estimate of drug-likeness (QED) is 0.182. The number of hydrogen-bond acceptors (Lipinski definition) is 1. The van der Waals surface area contributed by atoms with Crippen LogP contribution in [-0.2, 0) is 4.43 Å². The highest BCUT2D eigenvalue weighted by atomic mass is 28.4. The van der Waals surface area contributed by atoms with E-state index in [9.17, 15) is 0 Å². The fourth-order valence-electron chi connectivity index (χ4n) is 2.45. The minimum Gasteiger partial charge on any atom is -0.410 e. The van der Waals surface area contributed by atoms with Gasteiger partial charge in [0.1, 0.15) is 8.07 Å². The topological polar surface area (TPSA) is 9.23 Å². The molecule has 0 aliphatic rings. The highest BCUT2D eigenvalue weighted by Gasteiger charge is 2.40. The van der Waals surface area contributed by atoms with Crippen molar-refractivity contribution in [2.24, 2.45) is 5.92 Å². The molecule has 0 fully saturated rings. The van der Waals surface area contributed by atoms with E-state index in [0.717, 1.165) is 6.42 Å². The third-order valence-corrected chi connectivity index (χ3v) is 10.6. The van der Waals surface area contributed by atoms with Crippen LogP contribution in [0.1, 0.15) is 54.9 Å². The van der Waals surface area contributed by atoms with E-state index >= 15 is 0 Å². The van der Waals surface area contributed by atoms with Crippen LogP contribution in [-0.4, -0.2) is 22.5 Å². The molecule has 0 aliphatic carbocycles. The molecule has 0 bridgehead atoms. The molecule has 0 aromatic heterocycles. The Balaban J connectivity index is 5.26. The third-order valence-electron chi connectivity index (χ3n) is 5.20. The van der Waals surface area contributed by atoms with Crippen LogP contribution < -0.4 is 0 Å². The molecule has 0 amide bonds. The highest BCUT2D eigenvalue weighted by molar-refractivity contribution is 6.83. The van der Waals surface area contributed by atoms with Crippen molar-refractivity contribution in [2.45, 2.75) is 98.8 Å². The highest BCUT2D eigenvalue weighted by Crippen LogP contribution is 2.39. The van der Waals surface area contributed by atoms with Gasteiger partial charge in [0, 0.05) is 12.3 Å². The minimum atomic E-state index is -1.82. The van der Waals surface area contributed by atoms with E-state index in [0.29, 0.717) is 5.92 Å². The van der Waals surface area contributed by atoms with Gasteiger partial charge in [-0.25, -0.2) is 0 Å². The fraction of sp³-hybridized carbons (Fsp3) is 0.667. The second-order valence-corrected chi connectivity index (χ2v) is 19.8. The van der Waals surface area contributed by atoms with Crippen molar-refractivity contribution in [3.8, 4) is 11.5 Å². The molecule has 0 unspecified atom stereocenters. The van der Waals surface area contributed by atoms with Gasteiger partial charge in [0.05, 0.1) is 6.10 Å². The lowest BCUT2D eigenvalue weighted by Gasteiger charge is -2.41. The molecular weight excluding hydrogens is 360 g/mol. The normalized spacial score (nSPS) is 16.9. The Bertz CT molecular complexity index is 613. The summed E-state index contributed by atoms with van der Waals surface area (Å²) in [6, 6.07) is 0. The lowest BCUT2D eigenvalue weighted by atomic mass is 9.96. The molecule has 0 heterocycles. The van der Waals surface area contributed by atoms with Gasteiger partial charge in [-0.1, -0.05) is 77.2 Å². The fourth-order valence-corrected chi connectivity index (χ4v) is 4.47. The monoisotopic (exact) mass is 404 g/mol. The predicted octanol–water partition coefficient (Wildman–Crippen LogP) is 7.75. The van der Waals surface area contributed by atoms with Crippen LogP contribution in [0.15, 0.2) is 35.5 Å². The zero-order chi connectivity index (χ0) is 21.5. The Kier molecular flexibility index (Phi) is 10.3. The molecule has 2 atom stereocenters. The van der Waals surface area contributed by atoms with E-state index in [1.165, 1.54) is 11.1 Å². The Labute approximate surface area is 172 Å². The predicted molar refractivity (Wildman–Crippen MR) is 129 cm³/mol. The van der Waals surface area contributed by atoms with Gasteiger partial charge in [0.2, 0.25) is 0 Å². The van der Waals surface area contributed by atoms with E-state index in [-0.39, 0.29) is 11.1 Å². The van der Waals surface area contributed by atoms with Gasteiger partial charge in [-0.2, -0.15) is 0 Å². The summed E-state index contributed by atoms with van der Waals surface area (Å²) in [6.07, 6.45) is 9.89. The Morgan fingerprint density at radius 1 is 1.07 bits per heavy atom. The summed E-state index contributed by atoms with van der Waals surface area (Å²) in [5, 5.41) is 0.215. The Morgan fingerprint density at radius 3 is 2.07 bits per heavy atom. The molecule has 0 N–H and O–H groups in total. The van der Waals surface area contributed by atoms with Gasteiger partial charge in [0.15, 0.2) is 8.32 Å². The second kappa shape index (κ2) is 10.6. The Morgan fingerprint density at radius 2 is 1.63 bits per heavy atom. The number of allylic oxidation sites excluding steroid dienone is 4. The van der Waals surface area contributed by atoms with Crippen LogP contribution in [0.25, 0.3) is 0 Å². The first-order chi connectivity index (χ1) is 12.1. The summed E-state index contributed by atoms with van der Waals surface area (Å²) >= 11 is 0. The Hall–Kier alpha value is -0.826. The zero-order valence-corrected chi connectivity index (χ0v) is 22.1. The van der Waals surface area contributed by atoms with Crippen LogP contribution in [0, 0.1) is 17.4 Å². The second-order valence-electron chi connectivity index (χ2n) is 10.3. The van der Waals surface area contributed by atoms with E-state index in [1.807, 2.05) is 0 Å². The van der Waals surface area contributed by atoms with E-state index in [1.54, 1.807) is 0 Å².